The Kier molecular flexibility index (Phi) is 9.15. The average Bonchev–Trinajstić information content (AvgIpc) is 2.71. The minimum absolute atomic E-state index is 0. The molecule has 148 valence electrons. The van der Waals surface area contributed by atoms with Gasteiger partial charge in [-0.2, -0.15) is 0 Å². The molecule has 3 aromatic rings. The van der Waals surface area contributed by atoms with E-state index in [9.17, 15) is 0 Å². The number of halogens is 2. The Morgan fingerprint density at radius 1 is 0.857 bits per heavy atom. The fourth-order valence-corrected chi connectivity index (χ4v) is 3.14. The first-order valence-electron chi connectivity index (χ1n) is 9.04. The molecule has 0 bridgehead atoms. The van der Waals surface area contributed by atoms with Crippen LogP contribution in [0.3, 0.4) is 0 Å². The third-order valence-electron chi connectivity index (χ3n) is 4.28. The highest BCUT2D eigenvalue weighted by Gasteiger charge is 2.12. The molecule has 3 nitrogen and oxygen atoms in total. The standard InChI is InChI=1S/C23H24ClNO2.ClH/c1-26-22-15-20(16-25-13-12-18-8-4-2-5-9-18)14-21(24)23(22)27-17-19-10-6-3-7-11-19;/h2-11,14-15,25H,12-13,16-17H2,1H3;1H/p-1. The number of methoxy groups -OCH3 is 1. The predicted molar refractivity (Wildman–Crippen MR) is 111 cm³/mol. The van der Waals surface area contributed by atoms with Crippen molar-refractivity contribution in [2.24, 2.45) is 0 Å². The fraction of sp³-hybridized carbons (Fsp3) is 0.217. The van der Waals surface area contributed by atoms with E-state index in [-0.39, 0.29) is 12.4 Å². The summed E-state index contributed by atoms with van der Waals surface area (Å²) in [5.74, 6) is 1.23. The Hall–Kier alpha value is -2.20. The highest BCUT2D eigenvalue weighted by Crippen LogP contribution is 2.37. The van der Waals surface area contributed by atoms with Crippen molar-refractivity contribution in [3.63, 3.8) is 0 Å². The van der Waals surface area contributed by atoms with Crippen LogP contribution in [0.4, 0.5) is 0 Å². The molecule has 0 unspecified atom stereocenters. The summed E-state index contributed by atoms with van der Waals surface area (Å²) in [7, 11) is 1.63. The minimum atomic E-state index is 0. The van der Waals surface area contributed by atoms with E-state index in [0.717, 1.165) is 30.6 Å². The summed E-state index contributed by atoms with van der Waals surface area (Å²) in [4.78, 5) is 0. The number of hydrogen-bond acceptors (Lipinski definition) is 3. The molecular formula is C23H24Cl2NO2-. The molecule has 0 aliphatic rings. The maximum absolute atomic E-state index is 6.46. The van der Waals surface area contributed by atoms with Gasteiger partial charge < -0.3 is 27.2 Å². The van der Waals surface area contributed by atoms with Gasteiger partial charge in [0, 0.05) is 6.54 Å². The van der Waals surface area contributed by atoms with E-state index in [4.69, 9.17) is 21.1 Å². The summed E-state index contributed by atoms with van der Waals surface area (Å²) in [5.41, 5.74) is 3.48. The molecule has 0 aromatic heterocycles. The van der Waals surface area contributed by atoms with Crippen molar-refractivity contribution >= 4 is 11.6 Å². The van der Waals surface area contributed by atoms with Crippen LogP contribution in [0.1, 0.15) is 16.7 Å². The number of ether oxygens (including phenoxy) is 2. The van der Waals surface area contributed by atoms with Crippen LogP contribution in [0.15, 0.2) is 72.8 Å². The van der Waals surface area contributed by atoms with Gasteiger partial charge in [-0.15, -0.1) is 0 Å². The number of rotatable bonds is 9. The van der Waals surface area contributed by atoms with E-state index < -0.39 is 0 Å². The lowest BCUT2D eigenvalue weighted by atomic mass is 10.1. The van der Waals surface area contributed by atoms with E-state index >= 15 is 0 Å². The van der Waals surface area contributed by atoms with Gasteiger partial charge in [0.1, 0.15) is 6.61 Å². The zero-order valence-electron chi connectivity index (χ0n) is 15.8. The first kappa shape index (κ1) is 22.1. The largest absolute Gasteiger partial charge is 1.00 e. The SMILES string of the molecule is COc1cc(CNCCc2ccccc2)cc(Cl)c1OCc1ccccc1.[Cl-]. The minimum Gasteiger partial charge on any atom is -1.00 e. The molecule has 3 aromatic carbocycles. The highest BCUT2D eigenvalue weighted by atomic mass is 35.5. The van der Waals surface area contributed by atoms with E-state index in [1.165, 1.54) is 5.56 Å². The molecule has 1 N–H and O–H groups in total. The van der Waals surface area contributed by atoms with Crippen molar-refractivity contribution < 1.29 is 21.9 Å². The van der Waals surface area contributed by atoms with Gasteiger partial charge in [0.15, 0.2) is 11.5 Å². The van der Waals surface area contributed by atoms with Gasteiger partial charge in [0.2, 0.25) is 0 Å². The summed E-state index contributed by atoms with van der Waals surface area (Å²) >= 11 is 6.46. The molecule has 0 radical (unpaired) electrons. The van der Waals surface area contributed by atoms with Crippen LogP contribution in [-0.2, 0) is 19.6 Å². The lowest BCUT2D eigenvalue weighted by Gasteiger charge is -2.15. The zero-order chi connectivity index (χ0) is 18.9. The van der Waals surface area contributed by atoms with Gasteiger partial charge in [-0.05, 0) is 41.8 Å². The average molecular weight is 417 g/mol. The molecule has 0 saturated heterocycles. The topological polar surface area (TPSA) is 30.5 Å². The van der Waals surface area contributed by atoms with Crippen molar-refractivity contribution in [3.8, 4) is 11.5 Å². The van der Waals surface area contributed by atoms with Crippen molar-refractivity contribution in [2.45, 2.75) is 19.6 Å². The molecular weight excluding hydrogens is 393 g/mol. The van der Waals surface area contributed by atoms with Crippen LogP contribution in [-0.4, -0.2) is 13.7 Å². The highest BCUT2D eigenvalue weighted by molar-refractivity contribution is 6.32. The summed E-state index contributed by atoms with van der Waals surface area (Å²) < 4.78 is 11.4. The normalized spacial score (nSPS) is 10.2. The second-order valence-corrected chi connectivity index (χ2v) is 6.70. The van der Waals surface area contributed by atoms with E-state index in [1.807, 2.05) is 48.5 Å². The van der Waals surface area contributed by atoms with Gasteiger partial charge in [-0.3, -0.25) is 0 Å². The molecule has 0 aliphatic heterocycles. The number of hydrogen-bond donors (Lipinski definition) is 1. The zero-order valence-corrected chi connectivity index (χ0v) is 17.3. The monoisotopic (exact) mass is 416 g/mol. The first-order chi connectivity index (χ1) is 13.3. The fourth-order valence-electron chi connectivity index (χ4n) is 2.86. The van der Waals surface area contributed by atoms with Crippen molar-refractivity contribution in [1.82, 2.24) is 5.32 Å². The van der Waals surface area contributed by atoms with E-state index in [0.29, 0.717) is 23.1 Å². The Morgan fingerprint density at radius 3 is 2.14 bits per heavy atom. The molecule has 0 amide bonds. The third-order valence-corrected chi connectivity index (χ3v) is 4.56. The molecule has 0 atom stereocenters. The molecule has 0 spiro atoms. The van der Waals surface area contributed by atoms with Gasteiger partial charge in [0.25, 0.3) is 0 Å². The van der Waals surface area contributed by atoms with Gasteiger partial charge >= 0.3 is 0 Å². The molecule has 0 aliphatic carbocycles. The van der Waals surface area contributed by atoms with E-state index in [1.54, 1.807) is 7.11 Å². The first-order valence-corrected chi connectivity index (χ1v) is 9.42. The van der Waals surface area contributed by atoms with Crippen molar-refractivity contribution in [3.05, 3.63) is 94.5 Å². The van der Waals surface area contributed by atoms with E-state index in [2.05, 4.69) is 29.6 Å². The van der Waals surface area contributed by atoms with Crippen LogP contribution >= 0.6 is 11.6 Å². The van der Waals surface area contributed by atoms with Crippen LogP contribution in [0.2, 0.25) is 5.02 Å². The Bertz CT molecular complexity index is 842. The molecule has 3 rings (SSSR count). The number of benzene rings is 3. The lowest BCUT2D eigenvalue weighted by molar-refractivity contribution is -0.00000592. The Balaban J connectivity index is 0.00000280. The molecule has 0 fully saturated rings. The molecule has 28 heavy (non-hydrogen) atoms. The van der Waals surface area contributed by atoms with Crippen LogP contribution in [0.5, 0.6) is 11.5 Å². The summed E-state index contributed by atoms with van der Waals surface area (Å²) in [6.45, 7) is 2.07. The molecule has 5 heteroatoms. The van der Waals surface area contributed by atoms with Gasteiger partial charge in [-0.1, -0.05) is 72.3 Å². The maximum Gasteiger partial charge on any atom is 0.180 e. The number of nitrogens with one attached hydrogen (secondary N) is 1. The molecule has 0 saturated carbocycles. The van der Waals surface area contributed by atoms with Crippen LogP contribution < -0.4 is 27.2 Å². The second-order valence-electron chi connectivity index (χ2n) is 6.30. The smallest absolute Gasteiger partial charge is 0.180 e. The second kappa shape index (κ2) is 11.6. The van der Waals surface area contributed by atoms with Crippen molar-refractivity contribution in [2.75, 3.05) is 13.7 Å². The lowest BCUT2D eigenvalue weighted by Crippen LogP contribution is -3.00. The van der Waals surface area contributed by atoms with Crippen molar-refractivity contribution in [1.29, 1.82) is 0 Å². The Morgan fingerprint density at radius 2 is 1.50 bits per heavy atom. The quantitative estimate of drug-likeness (QED) is 0.542. The predicted octanol–water partition coefficient (Wildman–Crippen LogP) is 2.26. The maximum atomic E-state index is 6.46. The summed E-state index contributed by atoms with van der Waals surface area (Å²) in [6.07, 6.45) is 0.990. The summed E-state index contributed by atoms with van der Waals surface area (Å²) in [6, 6.07) is 24.3. The van der Waals surface area contributed by atoms with Crippen LogP contribution in [0.25, 0.3) is 0 Å². The summed E-state index contributed by atoms with van der Waals surface area (Å²) in [5, 5.41) is 4.01. The third kappa shape index (κ3) is 6.45. The molecule has 0 heterocycles. The van der Waals surface area contributed by atoms with Crippen LogP contribution in [0, 0.1) is 0 Å². The Labute approximate surface area is 178 Å². The van der Waals surface area contributed by atoms with Gasteiger partial charge in [-0.25, -0.2) is 0 Å². The van der Waals surface area contributed by atoms with Gasteiger partial charge in [0.05, 0.1) is 12.1 Å².